The number of hydrogen-bond acceptors (Lipinski definition) is 4. The minimum atomic E-state index is -3.24. The number of nitrogens with zero attached hydrogens (tertiary/aromatic N) is 2. The molecule has 1 atom stereocenters. The Morgan fingerprint density at radius 2 is 2.14 bits per heavy atom. The van der Waals surface area contributed by atoms with Crippen LogP contribution in [0.25, 0.3) is 6.08 Å². The predicted octanol–water partition coefficient (Wildman–Crippen LogP) is 1.03. The van der Waals surface area contributed by atoms with E-state index in [0.29, 0.717) is 6.54 Å². The Morgan fingerprint density at radius 3 is 2.82 bits per heavy atom. The van der Waals surface area contributed by atoms with Crippen LogP contribution in [0, 0.1) is 0 Å². The third-order valence-corrected chi connectivity index (χ3v) is 4.31. The number of nitrogens with one attached hydrogen (secondary N) is 1. The van der Waals surface area contributed by atoms with Crippen LogP contribution in [0.1, 0.15) is 24.8 Å². The molecule has 1 amide bonds. The van der Waals surface area contributed by atoms with Gasteiger partial charge in [-0.2, -0.15) is 0 Å². The SMILES string of the molecule is CS(=O)(=O)NC[C@H]1CCCCN1C(=O)/C=C/c1ccncc1. The van der Waals surface area contributed by atoms with E-state index in [1.807, 2.05) is 12.1 Å². The Bertz CT molecular complexity index is 629. The Hall–Kier alpha value is -1.73. The van der Waals surface area contributed by atoms with Crippen molar-refractivity contribution < 1.29 is 13.2 Å². The highest BCUT2D eigenvalue weighted by molar-refractivity contribution is 7.88. The summed E-state index contributed by atoms with van der Waals surface area (Å²) in [5.41, 5.74) is 0.908. The van der Waals surface area contributed by atoms with E-state index in [0.717, 1.165) is 31.1 Å². The van der Waals surface area contributed by atoms with Gasteiger partial charge in [0, 0.05) is 37.6 Å². The van der Waals surface area contributed by atoms with Crippen LogP contribution in [0.3, 0.4) is 0 Å². The van der Waals surface area contributed by atoms with Gasteiger partial charge < -0.3 is 4.90 Å². The molecule has 1 saturated heterocycles. The lowest BCUT2D eigenvalue weighted by Gasteiger charge is -2.35. The fraction of sp³-hybridized carbons (Fsp3) is 0.467. The first-order valence-corrected chi connectivity index (χ1v) is 9.18. The molecule has 0 radical (unpaired) electrons. The molecule has 2 heterocycles. The van der Waals surface area contributed by atoms with Crippen LogP contribution >= 0.6 is 0 Å². The van der Waals surface area contributed by atoms with E-state index in [1.165, 1.54) is 6.08 Å². The molecule has 7 heteroatoms. The highest BCUT2D eigenvalue weighted by Gasteiger charge is 2.25. The van der Waals surface area contributed by atoms with Crippen LogP contribution in [0.15, 0.2) is 30.6 Å². The van der Waals surface area contributed by atoms with Crippen molar-refractivity contribution in [3.05, 3.63) is 36.2 Å². The summed E-state index contributed by atoms with van der Waals surface area (Å²) < 4.78 is 24.9. The molecule has 1 aliphatic rings. The smallest absolute Gasteiger partial charge is 0.246 e. The van der Waals surface area contributed by atoms with Gasteiger partial charge in [-0.05, 0) is 43.0 Å². The van der Waals surface area contributed by atoms with Gasteiger partial charge in [-0.1, -0.05) is 0 Å². The van der Waals surface area contributed by atoms with E-state index >= 15 is 0 Å². The van der Waals surface area contributed by atoms with E-state index in [1.54, 1.807) is 23.4 Å². The van der Waals surface area contributed by atoms with Crippen LogP contribution in [-0.4, -0.2) is 49.6 Å². The monoisotopic (exact) mass is 323 g/mol. The lowest BCUT2D eigenvalue weighted by atomic mass is 10.0. The number of aromatic nitrogens is 1. The quantitative estimate of drug-likeness (QED) is 0.821. The zero-order chi connectivity index (χ0) is 16.0. The maximum absolute atomic E-state index is 12.4. The van der Waals surface area contributed by atoms with Crippen molar-refractivity contribution in [3.63, 3.8) is 0 Å². The van der Waals surface area contributed by atoms with Crippen LogP contribution in [-0.2, 0) is 14.8 Å². The average molecular weight is 323 g/mol. The number of likely N-dealkylation sites (tertiary alicyclic amines) is 1. The van der Waals surface area contributed by atoms with Crippen molar-refractivity contribution in [3.8, 4) is 0 Å². The molecule has 0 aromatic carbocycles. The molecule has 1 aliphatic heterocycles. The number of rotatable bonds is 5. The minimum Gasteiger partial charge on any atom is -0.335 e. The van der Waals surface area contributed by atoms with Gasteiger partial charge in [-0.25, -0.2) is 13.1 Å². The first kappa shape index (κ1) is 16.6. The third kappa shape index (κ3) is 5.23. The summed E-state index contributed by atoms with van der Waals surface area (Å²) in [7, 11) is -3.24. The van der Waals surface area contributed by atoms with E-state index < -0.39 is 10.0 Å². The van der Waals surface area contributed by atoms with Crippen molar-refractivity contribution in [1.29, 1.82) is 0 Å². The molecule has 22 heavy (non-hydrogen) atoms. The number of pyridine rings is 1. The summed E-state index contributed by atoms with van der Waals surface area (Å²) in [6.07, 6.45) is 10.5. The summed E-state index contributed by atoms with van der Waals surface area (Å²) >= 11 is 0. The van der Waals surface area contributed by atoms with Crippen molar-refractivity contribution in [2.75, 3.05) is 19.3 Å². The molecule has 1 fully saturated rings. The molecule has 0 bridgehead atoms. The van der Waals surface area contributed by atoms with Crippen LogP contribution in [0.4, 0.5) is 0 Å². The van der Waals surface area contributed by atoms with Crippen molar-refractivity contribution in [1.82, 2.24) is 14.6 Å². The summed E-state index contributed by atoms with van der Waals surface area (Å²) in [4.78, 5) is 18.0. The molecule has 1 aromatic rings. The van der Waals surface area contributed by atoms with Crippen LogP contribution in [0.2, 0.25) is 0 Å². The number of piperidine rings is 1. The lowest BCUT2D eigenvalue weighted by Crippen LogP contribution is -2.48. The molecule has 0 unspecified atom stereocenters. The van der Waals surface area contributed by atoms with Crippen LogP contribution in [0.5, 0.6) is 0 Å². The van der Waals surface area contributed by atoms with Gasteiger partial charge in [0.15, 0.2) is 0 Å². The molecule has 0 saturated carbocycles. The number of hydrogen-bond donors (Lipinski definition) is 1. The van der Waals surface area contributed by atoms with E-state index in [9.17, 15) is 13.2 Å². The molecule has 0 spiro atoms. The highest BCUT2D eigenvalue weighted by atomic mass is 32.2. The first-order valence-electron chi connectivity index (χ1n) is 7.29. The van der Waals surface area contributed by atoms with Crippen molar-refractivity contribution in [2.24, 2.45) is 0 Å². The predicted molar refractivity (Wildman–Crippen MR) is 85.5 cm³/mol. The second-order valence-electron chi connectivity index (χ2n) is 5.42. The number of carbonyl (C=O) groups excluding carboxylic acids is 1. The second kappa shape index (κ2) is 7.51. The largest absolute Gasteiger partial charge is 0.335 e. The number of sulfonamides is 1. The lowest BCUT2D eigenvalue weighted by molar-refractivity contribution is -0.129. The van der Waals surface area contributed by atoms with Crippen LogP contribution < -0.4 is 4.72 Å². The van der Waals surface area contributed by atoms with Gasteiger partial charge in [0.1, 0.15) is 0 Å². The summed E-state index contributed by atoms with van der Waals surface area (Å²) in [5.74, 6) is -0.0863. The summed E-state index contributed by atoms with van der Waals surface area (Å²) in [6, 6.07) is 3.56. The summed E-state index contributed by atoms with van der Waals surface area (Å²) in [5, 5.41) is 0. The zero-order valence-corrected chi connectivity index (χ0v) is 13.4. The van der Waals surface area contributed by atoms with Gasteiger partial charge in [0.2, 0.25) is 15.9 Å². The zero-order valence-electron chi connectivity index (χ0n) is 12.6. The van der Waals surface area contributed by atoms with Gasteiger partial charge in [0.25, 0.3) is 0 Å². The second-order valence-corrected chi connectivity index (χ2v) is 7.25. The minimum absolute atomic E-state index is 0.0851. The van der Waals surface area contributed by atoms with Crippen molar-refractivity contribution in [2.45, 2.75) is 25.3 Å². The number of amides is 1. The van der Waals surface area contributed by atoms with Gasteiger partial charge >= 0.3 is 0 Å². The van der Waals surface area contributed by atoms with E-state index in [4.69, 9.17) is 0 Å². The fourth-order valence-electron chi connectivity index (χ4n) is 2.49. The van der Waals surface area contributed by atoms with Gasteiger partial charge in [-0.15, -0.1) is 0 Å². The van der Waals surface area contributed by atoms with E-state index in [-0.39, 0.29) is 18.5 Å². The number of carbonyl (C=O) groups is 1. The standard InChI is InChI=1S/C15H21N3O3S/c1-22(20,21)17-12-14-4-2-3-11-18(14)15(19)6-5-13-7-9-16-10-8-13/h5-10,14,17H,2-4,11-12H2,1H3/b6-5+/t14-/m1/s1. The highest BCUT2D eigenvalue weighted by Crippen LogP contribution is 2.17. The molecule has 2 rings (SSSR count). The fourth-order valence-corrected chi connectivity index (χ4v) is 2.98. The van der Waals surface area contributed by atoms with Crippen molar-refractivity contribution >= 4 is 22.0 Å². The average Bonchev–Trinajstić information content (AvgIpc) is 2.51. The first-order chi connectivity index (χ1) is 10.5. The normalized spacial score (nSPS) is 19.5. The Morgan fingerprint density at radius 1 is 1.41 bits per heavy atom. The summed E-state index contributed by atoms with van der Waals surface area (Å²) in [6.45, 7) is 0.934. The molecule has 120 valence electrons. The van der Waals surface area contributed by atoms with E-state index in [2.05, 4.69) is 9.71 Å². The van der Waals surface area contributed by atoms with Gasteiger partial charge in [-0.3, -0.25) is 9.78 Å². The molecular formula is C15H21N3O3S. The molecule has 0 aliphatic carbocycles. The van der Waals surface area contributed by atoms with Gasteiger partial charge in [0.05, 0.1) is 6.26 Å². The maximum atomic E-state index is 12.4. The Balaban J connectivity index is 2.00. The maximum Gasteiger partial charge on any atom is 0.246 e. The topological polar surface area (TPSA) is 79.4 Å². The third-order valence-electron chi connectivity index (χ3n) is 3.62. The Labute approximate surface area is 131 Å². The molecular weight excluding hydrogens is 302 g/mol. The molecule has 1 aromatic heterocycles. The Kier molecular flexibility index (Phi) is 5.68. The molecule has 1 N–H and O–H groups in total. The molecule has 6 nitrogen and oxygen atoms in total.